The van der Waals surface area contributed by atoms with Crippen molar-refractivity contribution in [3.8, 4) is 0 Å². The molecule has 0 unspecified atom stereocenters. The van der Waals surface area contributed by atoms with E-state index >= 15 is 0 Å². The highest BCUT2D eigenvalue weighted by atomic mass is 15.1. The van der Waals surface area contributed by atoms with E-state index in [1.54, 1.807) is 0 Å². The molecule has 2 rings (SSSR count). The van der Waals surface area contributed by atoms with Gasteiger partial charge in [-0.25, -0.2) is 0 Å². The molecular weight excluding hydrogens is 184 g/mol. The summed E-state index contributed by atoms with van der Waals surface area (Å²) in [5.74, 6) is 0. The molecule has 1 saturated heterocycles. The maximum absolute atomic E-state index is 4.06. The summed E-state index contributed by atoms with van der Waals surface area (Å²) in [7, 11) is 0. The molecule has 1 aromatic heterocycles. The van der Waals surface area contributed by atoms with Crippen LogP contribution in [0.1, 0.15) is 33.1 Å². The summed E-state index contributed by atoms with van der Waals surface area (Å²) in [6, 6.07) is 4.21. The van der Waals surface area contributed by atoms with Crippen molar-refractivity contribution in [2.45, 2.75) is 33.1 Å². The highest BCUT2D eigenvalue weighted by Crippen LogP contribution is 2.35. The van der Waals surface area contributed by atoms with Crippen LogP contribution in [-0.2, 0) is 0 Å². The third kappa shape index (κ3) is 2.31. The molecule has 1 aliphatic rings. The molecule has 15 heavy (non-hydrogen) atoms. The van der Waals surface area contributed by atoms with E-state index in [-0.39, 0.29) is 0 Å². The predicted molar refractivity (Wildman–Crippen MR) is 64.1 cm³/mol. The second kappa shape index (κ2) is 4.21. The second-order valence-corrected chi connectivity index (χ2v) is 4.86. The van der Waals surface area contributed by atoms with Crippen LogP contribution in [-0.4, -0.2) is 18.1 Å². The zero-order valence-electron chi connectivity index (χ0n) is 9.74. The van der Waals surface area contributed by atoms with Crippen LogP contribution < -0.4 is 4.90 Å². The summed E-state index contributed by atoms with van der Waals surface area (Å²) in [6.45, 7) is 7.10. The Kier molecular flexibility index (Phi) is 2.94. The van der Waals surface area contributed by atoms with E-state index in [2.05, 4.69) is 35.9 Å². The monoisotopic (exact) mass is 204 g/mol. The Labute approximate surface area is 92.3 Å². The standard InChI is InChI=1S/C13H20N2/c1-3-13(2)6-10-15(11-7-13)12-4-8-14-9-5-12/h4-5,8-9H,3,6-7,10-11H2,1-2H3. The third-order valence-electron chi connectivity index (χ3n) is 3.85. The van der Waals surface area contributed by atoms with E-state index in [1.165, 1.54) is 38.0 Å². The quantitative estimate of drug-likeness (QED) is 0.736. The van der Waals surface area contributed by atoms with Gasteiger partial charge in [-0.2, -0.15) is 0 Å². The summed E-state index contributed by atoms with van der Waals surface area (Å²) in [5.41, 5.74) is 1.90. The van der Waals surface area contributed by atoms with Crippen LogP contribution in [0.4, 0.5) is 5.69 Å². The summed E-state index contributed by atoms with van der Waals surface area (Å²) >= 11 is 0. The lowest BCUT2D eigenvalue weighted by Crippen LogP contribution is -2.38. The number of hydrogen-bond donors (Lipinski definition) is 0. The van der Waals surface area contributed by atoms with E-state index in [9.17, 15) is 0 Å². The number of piperidine rings is 1. The minimum absolute atomic E-state index is 0.573. The summed E-state index contributed by atoms with van der Waals surface area (Å²) in [5, 5.41) is 0. The highest BCUT2D eigenvalue weighted by Gasteiger charge is 2.28. The van der Waals surface area contributed by atoms with E-state index < -0.39 is 0 Å². The molecule has 1 aromatic rings. The maximum Gasteiger partial charge on any atom is 0.0397 e. The molecule has 0 N–H and O–H groups in total. The smallest absolute Gasteiger partial charge is 0.0397 e. The zero-order chi connectivity index (χ0) is 10.7. The summed E-state index contributed by atoms with van der Waals surface area (Å²) in [4.78, 5) is 6.53. The highest BCUT2D eigenvalue weighted by molar-refractivity contribution is 5.44. The van der Waals surface area contributed by atoms with Crippen molar-refractivity contribution in [1.29, 1.82) is 0 Å². The van der Waals surface area contributed by atoms with Crippen molar-refractivity contribution in [1.82, 2.24) is 4.98 Å². The molecule has 0 bridgehead atoms. The Hall–Kier alpha value is -1.05. The average molecular weight is 204 g/mol. The number of hydrogen-bond acceptors (Lipinski definition) is 2. The van der Waals surface area contributed by atoms with Crippen LogP contribution in [0.5, 0.6) is 0 Å². The molecule has 0 radical (unpaired) electrons. The summed E-state index contributed by atoms with van der Waals surface area (Å²) < 4.78 is 0. The molecule has 82 valence electrons. The van der Waals surface area contributed by atoms with E-state index in [0.717, 1.165) is 0 Å². The molecule has 0 amide bonds. The minimum Gasteiger partial charge on any atom is -0.371 e. The van der Waals surface area contributed by atoms with Gasteiger partial charge in [0.1, 0.15) is 0 Å². The molecule has 0 aromatic carbocycles. The van der Waals surface area contributed by atoms with Gasteiger partial charge in [0.15, 0.2) is 0 Å². The van der Waals surface area contributed by atoms with Crippen LogP contribution in [0.3, 0.4) is 0 Å². The van der Waals surface area contributed by atoms with Crippen LogP contribution in [0.15, 0.2) is 24.5 Å². The number of anilines is 1. The summed E-state index contributed by atoms with van der Waals surface area (Å²) in [6.07, 6.45) is 7.68. The Balaban J connectivity index is 2.00. The average Bonchev–Trinajstić information content (AvgIpc) is 2.31. The maximum atomic E-state index is 4.06. The lowest BCUT2D eigenvalue weighted by atomic mass is 9.78. The predicted octanol–water partition coefficient (Wildman–Crippen LogP) is 3.10. The molecule has 2 nitrogen and oxygen atoms in total. The first-order valence-electron chi connectivity index (χ1n) is 5.88. The Bertz CT molecular complexity index is 300. The normalized spacial score (nSPS) is 20.3. The van der Waals surface area contributed by atoms with Gasteiger partial charge in [-0.1, -0.05) is 20.3 Å². The van der Waals surface area contributed by atoms with Crippen LogP contribution in [0.2, 0.25) is 0 Å². The van der Waals surface area contributed by atoms with Crippen molar-refractivity contribution >= 4 is 5.69 Å². The van der Waals surface area contributed by atoms with Crippen LogP contribution >= 0.6 is 0 Å². The number of pyridine rings is 1. The van der Waals surface area contributed by atoms with Crippen molar-refractivity contribution in [2.24, 2.45) is 5.41 Å². The Morgan fingerprint density at radius 3 is 2.40 bits per heavy atom. The van der Waals surface area contributed by atoms with Crippen molar-refractivity contribution < 1.29 is 0 Å². The van der Waals surface area contributed by atoms with E-state index in [1.807, 2.05) is 12.4 Å². The minimum atomic E-state index is 0.573. The second-order valence-electron chi connectivity index (χ2n) is 4.86. The van der Waals surface area contributed by atoms with Gasteiger partial charge in [-0.15, -0.1) is 0 Å². The molecule has 1 fully saturated rings. The van der Waals surface area contributed by atoms with Gasteiger partial charge in [-0.05, 0) is 30.4 Å². The number of rotatable bonds is 2. The Morgan fingerprint density at radius 2 is 1.87 bits per heavy atom. The van der Waals surface area contributed by atoms with Gasteiger partial charge < -0.3 is 4.90 Å². The van der Waals surface area contributed by atoms with Crippen LogP contribution in [0.25, 0.3) is 0 Å². The van der Waals surface area contributed by atoms with Gasteiger partial charge in [-0.3, -0.25) is 4.98 Å². The van der Waals surface area contributed by atoms with Gasteiger partial charge in [0.2, 0.25) is 0 Å². The van der Waals surface area contributed by atoms with Gasteiger partial charge in [0, 0.05) is 31.2 Å². The molecule has 0 atom stereocenters. The fourth-order valence-corrected chi connectivity index (χ4v) is 2.21. The molecular formula is C13H20N2. The molecule has 1 aliphatic heterocycles. The van der Waals surface area contributed by atoms with Gasteiger partial charge in [0.05, 0.1) is 0 Å². The molecule has 0 spiro atoms. The molecule has 2 heterocycles. The number of aromatic nitrogens is 1. The van der Waals surface area contributed by atoms with E-state index in [0.29, 0.717) is 5.41 Å². The lowest BCUT2D eigenvalue weighted by molar-refractivity contribution is 0.238. The van der Waals surface area contributed by atoms with Gasteiger partial charge >= 0.3 is 0 Å². The first-order valence-corrected chi connectivity index (χ1v) is 5.88. The van der Waals surface area contributed by atoms with Gasteiger partial charge in [0.25, 0.3) is 0 Å². The van der Waals surface area contributed by atoms with Crippen molar-refractivity contribution in [3.05, 3.63) is 24.5 Å². The molecule has 0 saturated carbocycles. The SMILES string of the molecule is CCC1(C)CCN(c2ccncc2)CC1. The first-order chi connectivity index (χ1) is 7.23. The zero-order valence-corrected chi connectivity index (χ0v) is 9.74. The van der Waals surface area contributed by atoms with Crippen molar-refractivity contribution in [3.63, 3.8) is 0 Å². The fraction of sp³-hybridized carbons (Fsp3) is 0.615. The lowest BCUT2D eigenvalue weighted by Gasteiger charge is -2.40. The molecule has 0 aliphatic carbocycles. The van der Waals surface area contributed by atoms with Crippen molar-refractivity contribution in [2.75, 3.05) is 18.0 Å². The Morgan fingerprint density at radius 1 is 1.27 bits per heavy atom. The largest absolute Gasteiger partial charge is 0.371 e. The number of nitrogens with zero attached hydrogens (tertiary/aromatic N) is 2. The first kappa shape index (κ1) is 10.5. The fourth-order valence-electron chi connectivity index (χ4n) is 2.21. The van der Waals surface area contributed by atoms with Crippen LogP contribution in [0, 0.1) is 5.41 Å². The topological polar surface area (TPSA) is 16.1 Å². The molecule has 2 heteroatoms. The van der Waals surface area contributed by atoms with E-state index in [4.69, 9.17) is 0 Å². The third-order valence-corrected chi connectivity index (χ3v) is 3.85.